The Labute approximate surface area is 115 Å². The summed E-state index contributed by atoms with van der Waals surface area (Å²) in [5.41, 5.74) is 1.12. The first-order chi connectivity index (χ1) is 8.66. The molecule has 1 aliphatic rings. The Morgan fingerprint density at radius 1 is 1.44 bits per heavy atom. The van der Waals surface area contributed by atoms with E-state index in [0.717, 1.165) is 18.8 Å². The van der Waals surface area contributed by atoms with E-state index in [1.165, 1.54) is 25.7 Å². The Morgan fingerprint density at radius 3 is 2.83 bits per heavy atom. The molecule has 1 aromatic heterocycles. The van der Waals surface area contributed by atoms with Gasteiger partial charge < -0.3 is 5.32 Å². The van der Waals surface area contributed by atoms with Crippen molar-refractivity contribution in [2.45, 2.75) is 57.5 Å². The number of aromatic nitrogens is 2. The molecule has 1 saturated carbocycles. The third-order valence-electron chi connectivity index (χ3n) is 3.73. The molecule has 0 spiro atoms. The zero-order chi connectivity index (χ0) is 13.0. The van der Waals surface area contributed by atoms with Gasteiger partial charge in [0.15, 0.2) is 0 Å². The predicted molar refractivity (Wildman–Crippen MR) is 75.9 cm³/mol. The van der Waals surface area contributed by atoms with Gasteiger partial charge in [0.25, 0.3) is 0 Å². The van der Waals surface area contributed by atoms with Gasteiger partial charge >= 0.3 is 0 Å². The second-order valence-corrected chi connectivity index (χ2v) is 6.18. The van der Waals surface area contributed by atoms with Crippen LogP contribution in [0, 0.1) is 5.92 Å². The van der Waals surface area contributed by atoms with E-state index >= 15 is 0 Å². The van der Waals surface area contributed by atoms with E-state index in [0.29, 0.717) is 12.0 Å². The van der Waals surface area contributed by atoms with Crippen LogP contribution in [0.5, 0.6) is 0 Å². The highest BCUT2D eigenvalue weighted by Crippen LogP contribution is 2.28. The van der Waals surface area contributed by atoms with Crippen LogP contribution >= 0.6 is 11.6 Å². The van der Waals surface area contributed by atoms with Gasteiger partial charge in [-0.05, 0) is 24.8 Å². The maximum atomic E-state index is 6.20. The minimum absolute atomic E-state index is 0.196. The molecule has 102 valence electrons. The maximum Gasteiger partial charge on any atom is 0.0762 e. The summed E-state index contributed by atoms with van der Waals surface area (Å²) in [6.45, 7) is 5.95. The van der Waals surface area contributed by atoms with Crippen LogP contribution in [0.4, 0.5) is 0 Å². The minimum Gasteiger partial charge on any atom is -0.310 e. The average molecular weight is 270 g/mol. The lowest BCUT2D eigenvalue weighted by atomic mass is 10.1. The van der Waals surface area contributed by atoms with Gasteiger partial charge in [-0.1, -0.05) is 26.7 Å². The van der Waals surface area contributed by atoms with E-state index in [1.807, 2.05) is 0 Å². The summed E-state index contributed by atoms with van der Waals surface area (Å²) < 4.78 is 2.14. The third kappa shape index (κ3) is 3.72. The van der Waals surface area contributed by atoms with Crippen LogP contribution in [0.1, 0.15) is 51.3 Å². The van der Waals surface area contributed by atoms with Gasteiger partial charge in [-0.15, -0.1) is 11.6 Å². The topological polar surface area (TPSA) is 29.9 Å². The van der Waals surface area contributed by atoms with Crippen molar-refractivity contribution in [2.75, 3.05) is 6.54 Å². The van der Waals surface area contributed by atoms with Gasteiger partial charge in [0.2, 0.25) is 0 Å². The number of nitrogens with zero attached hydrogens (tertiary/aromatic N) is 2. The first kappa shape index (κ1) is 13.9. The van der Waals surface area contributed by atoms with E-state index in [1.54, 1.807) is 0 Å². The number of nitrogens with one attached hydrogen (secondary N) is 1. The molecule has 1 aromatic rings. The normalized spacial score (nSPS) is 18.7. The smallest absolute Gasteiger partial charge is 0.0762 e. The fraction of sp³-hybridized carbons (Fsp3) is 0.786. The summed E-state index contributed by atoms with van der Waals surface area (Å²) in [4.78, 5) is 0. The quantitative estimate of drug-likeness (QED) is 0.803. The molecule has 1 unspecified atom stereocenters. The van der Waals surface area contributed by atoms with Crippen molar-refractivity contribution in [3.05, 3.63) is 18.0 Å². The van der Waals surface area contributed by atoms with Crippen molar-refractivity contribution >= 4 is 11.6 Å². The molecule has 1 aliphatic carbocycles. The number of alkyl halides is 1. The fourth-order valence-corrected chi connectivity index (χ4v) is 2.53. The van der Waals surface area contributed by atoms with Gasteiger partial charge in [0, 0.05) is 24.7 Å². The van der Waals surface area contributed by atoms with Gasteiger partial charge in [0.05, 0.1) is 11.7 Å². The van der Waals surface area contributed by atoms with Crippen LogP contribution in [0.2, 0.25) is 0 Å². The highest BCUT2D eigenvalue weighted by Gasteiger charge is 2.17. The Bertz CT molecular complexity index is 356. The molecule has 0 amide bonds. The van der Waals surface area contributed by atoms with E-state index in [9.17, 15) is 0 Å². The van der Waals surface area contributed by atoms with Crippen LogP contribution in [0.15, 0.2) is 12.3 Å². The summed E-state index contributed by atoms with van der Waals surface area (Å²) in [5.74, 6) is 0.509. The van der Waals surface area contributed by atoms with E-state index in [2.05, 4.69) is 41.2 Å². The van der Waals surface area contributed by atoms with Gasteiger partial charge in [0.1, 0.15) is 0 Å². The summed E-state index contributed by atoms with van der Waals surface area (Å²) in [6, 6.07) is 2.75. The van der Waals surface area contributed by atoms with Gasteiger partial charge in [-0.2, -0.15) is 5.10 Å². The molecular formula is C14H24ClN3. The average Bonchev–Trinajstić information content (AvgIpc) is 2.98. The molecule has 0 saturated heterocycles. The van der Waals surface area contributed by atoms with Gasteiger partial charge in [-0.3, -0.25) is 4.68 Å². The lowest BCUT2D eigenvalue weighted by Gasteiger charge is -2.13. The Kier molecular flexibility index (Phi) is 5.07. The number of rotatable bonds is 6. The maximum absolute atomic E-state index is 6.20. The number of hydrogen-bond donors (Lipinski definition) is 1. The monoisotopic (exact) mass is 269 g/mol. The van der Waals surface area contributed by atoms with Crippen molar-refractivity contribution in [1.29, 1.82) is 0 Å². The molecule has 1 atom stereocenters. The molecule has 2 rings (SSSR count). The lowest BCUT2D eigenvalue weighted by molar-refractivity contribution is 0.459. The van der Waals surface area contributed by atoms with Crippen molar-refractivity contribution < 1.29 is 0 Å². The first-order valence-electron chi connectivity index (χ1n) is 7.05. The number of hydrogen-bond acceptors (Lipinski definition) is 2. The number of halogens is 1. The molecule has 1 heterocycles. The molecule has 4 heteroatoms. The molecular weight excluding hydrogens is 246 g/mol. The van der Waals surface area contributed by atoms with E-state index in [-0.39, 0.29) is 5.38 Å². The van der Waals surface area contributed by atoms with Crippen molar-refractivity contribution in [2.24, 2.45) is 5.92 Å². The standard InChI is InChI=1S/C14H24ClN3/c1-11(2)14(15)10-16-9-12-7-8-18(17-12)13-5-3-4-6-13/h7-8,11,13-14,16H,3-6,9-10H2,1-2H3. The Morgan fingerprint density at radius 2 is 2.17 bits per heavy atom. The Balaban J connectivity index is 1.76. The molecule has 3 nitrogen and oxygen atoms in total. The van der Waals surface area contributed by atoms with Crippen LogP contribution in [0.3, 0.4) is 0 Å². The SMILES string of the molecule is CC(C)C(Cl)CNCc1ccn(C2CCCC2)n1. The highest BCUT2D eigenvalue weighted by molar-refractivity contribution is 6.20. The van der Waals surface area contributed by atoms with Crippen molar-refractivity contribution in [3.63, 3.8) is 0 Å². The molecule has 0 bridgehead atoms. The molecule has 0 radical (unpaired) electrons. The molecule has 0 aliphatic heterocycles. The van der Waals surface area contributed by atoms with E-state index in [4.69, 9.17) is 11.6 Å². The predicted octanol–water partition coefficient (Wildman–Crippen LogP) is 3.35. The summed E-state index contributed by atoms with van der Waals surface area (Å²) in [6.07, 6.45) is 7.38. The van der Waals surface area contributed by atoms with Crippen LogP contribution in [0.25, 0.3) is 0 Å². The molecule has 1 fully saturated rings. The Hall–Kier alpha value is -0.540. The fourth-order valence-electron chi connectivity index (χ4n) is 2.42. The summed E-state index contributed by atoms with van der Waals surface area (Å²) >= 11 is 6.20. The van der Waals surface area contributed by atoms with E-state index < -0.39 is 0 Å². The second-order valence-electron chi connectivity index (χ2n) is 5.62. The second kappa shape index (κ2) is 6.58. The minimum atomic E-state index is 0.196. The lowest BCUT2D eigenvalue weighted by Crippen LogP contribution is -2.26. The van der Waals surface area contributed by atoms with Crippen molar-refractivity contribution in [3.8, 4) is 0 Å². The summed E-state index contributed by atoms with van der Waals surface area (Å²) in [5, 5.41) is 8.22. The molecule has 0 aromatic carbocycles. The zero-order valence-electron chi connectivity index (χ0n) is 11.4. The largest absolute Gasteiger partial charge is 0.310 e. The van der Waals surface area contributed by atoms with Crippen LogP contribution in [-0.2, 0) is 6.54 Å². The third-order valence-corrected chi connectivity index (χ3v) is 4.39. The van der Waals surface area contributed by atoms with Gasteiger partial charge in [-0.25, -0.2) is 0 Å². The van der Waals surface area contributed by atoms with Crippen LogP contribution in [-0.4, -0.2) is 21.7 Å². The highest BCUT2D eigenvalue weighted by atomic mass is 35.5. The zero-order valence-corrected chi connectivity index (χ0v) is 12.2. The van der Waals surface area contributed by atoms with Crippen LogP contribution < -0.4 is 5.32 Å². The molecule has 1 N–H and O–H groups in total. The first-order valence-corrected chi connectivity index (χ1v) is 7.49. The van der Waals surface area contributed by atoms with Crippen molar-refractivity contribution in [1.82, 2.24) is 15.1 Å². The molecule has 18 heavy (non-hydrogen) atoms. The summed E-state index contributed by atoms with van der Waals surface area (Å²) in [7, 11) is 0.